The monoisotopic (exact) mass is 236 g/mol. The summed E-state index contributed by atoms with van der Waals surface area (Å²) in [5, 5.41) is 10.6. The molecule has 0 fully saturated rings. The van der Waals surface area contributed by atoms with Gasteiger partial charge in [-0.3, -0.25) is 10.1 Å². The minimum Gasteiger partial charge on any atom is -0.423 e. The summed E-state index contributed by atoms with van der Waals surface area (Å²) in [7, 11) is 1.80. The Hall–Kier alpha value is -2.15. The van der Waals surface area contributed by atoms with Gasteiger partial charge in [0.05, 0.1) is 4.92 Å². The van der Waals surface area contributed by atoms with Crippen LogP contribution in [0.3, 0.4) is 0 Å². The van der Waals surface area contributed by atoms with Crippen LogP contribution in [0.2, 0.25) is 0 Å². The Morgan fingerprint density at radius 3 is 3.00 bits per heavy atom. The fourth-order valence-corrected chi connectivity index (χ4v) is 1.47. The molecule has 0 amide bonds. The standard InChI is InChI=1S/C10H12N4O3/c1-13(5-4-11)10-12-8-6-7(14(15)16)2-3-9(8)17-10/h2-3,6H,4-5,11H2,1H3. The maximum absolute atomic E-state index is 10.6. The highest BCUT2D eigenvalue weighted by molar-refractivity contribution is 5.77. The lowest BCUT2D eigenvalue weighted by Gasteiger charge is -2.11. The van der Waals surface area contributed by atoms with Gasteiger partial charge >= 0.3 is 0 Å². The van der Waals surface area contributed by atoms with Crippen molar-refractivity contribution in [3.63, 3.8) is 0 Å². The number of aromatic nitrogens is 1. The number of benzene rings is 1. The number of non-ortho nitro benzene ring substituents is 1. The number of fused-ring (bicyclic) bond motifs is 1. The van der Waals surface area contributed by atoms with Crippen molar-refractivity contribution in [1.82, 2.24) is 4.98 Å². The second-order valence-electron chi connectivity index (χ2n) is 3.62. The van der Waals surface area contributed by atoms with Gasteiger partial charge in [0.15, 0.2) is 5.58 Å². The van der Waals surface area contributed by atoms with Gasteiger partial charge in [-0.05, 0) is 6.07 Å². The van der Waals surface area contributed by atoms with Crippen LogP contribution in [-0.4, -0.2) is 30.0 Å². The summed E-state index contributed by atoms with van der Waals surface area (Å²) in [5.41, 5.74) is 6.42. The van der Waals surface area contributed by atoms with Gasteiger partial charge in [0, 0.05) is 32.3 Å². The van der Waals surface area contributed by atoms with E-state index in [1.165, 1.54) is 12.1 Å². The Bertz CT molecular complexity index is 551. The molecule has 0 saturated carbocycles. The molecule has 0 spiro atoms. The molecule has 1 aromatic heterocycles. The molecule has 1 aromatic carbocycles. The van der Waals surface area contributed by atoms with E-state index in [1.54, 1.807) is 18.0 Å². The Balaban J connectivity index is 2.40. The van der Waals surface area contributed by atoms with Crippen LogP contribution in [0.1, 0.15) is 0 Å². The first-order valence-electron chi connectivity index (χ1n) is 5.08. The van der Waals surface area contributed by atoms with Gasteiger partial charge in [-0.15, -0.1) is 0 Å². The topological polar surface area (TPSA) is 98.4 Å². The molecule has 0 saturated heterocycles. The summed E-state index contributed by atoms with van der Waals surface area (Å²) in [6.07, 6.45) is 0. The molecule has 7 heteroatoms. The van der Waals surface area contributed by atoms with Crippen molar-refractivity contribution < 1.29 is 9.34 Å². The van der Waals surface area contributed by atoms with Crippen LogP contribution in [-0.2, 0) is 0 Å². The molecular formula is C10H12N4O3. The third kappa shape index (κ3) is 2.18. The minimum absolute atomic E-state index is 0.00109. The lowest BCUT2D eigenvalue weighted by atomic mass is 10.3. The lowest BCUT2D eigenvalue weighted by molar-refractivity contribution is -0.384. The van der Waals surface area contributed by atoms with Crippen LogP contribution in [0.5, 0.6) is 0 Å². The normalized spacial score (nSPS) is 10.7. The maximum atomic E-state index is 10.6. The minimum atomic E-state index is -0.461. The van der Waals surface area contributed by atoms with E-state index in [9.17, 15) is 10.1 Å². The molecular weight excluding hydrogens is 224 g/mol. The zero-order valence-electron chi connectivity index (χ0n) is 9.29. The number of oxazole rings is 1. The fourth-order valence-electron chi connectivity index (χ4n) is 1.47. The van der Waals surface area contributed by atoms with Crippen LogP contribution in [0, 0.1) is 10.1 Å². The molecule has 0 radical (unpaired) electrons. The van der Waals surface area contributed by atoms with Crippen LogP contribution >= 0.6 is 0 Å². The van der Waals surface area contributed by atoms with Crippen LogP contribution in [0.25, 0.3) is 11.1 Å². The molecule has 0 bridgehead atoms. The molecule has 7 nitrogen and oxygen atoms in total. The van der Waals surface area contributed by atoms with Crippen molar-refractivity contribution in [1.29, 1.82) is 0 Å². The molecule has 0 aliphatic carbocycles. The first kappa shape index (κ1) is 11.3. The van der Waals surface area contributed by atoms with Crippen molar-refractivity contribution in [3.05, 3.63) is 28.3 Å². The summed E-state index contributed by atoms with van der Waals surface area (Å²) in [6.45, 7) is 1.09. The highest BCUT2D eigenvalue weighted by Gasteiger charge is 2.13. The zero-order chi connectivity index (χ0) is 12.4. The SMILES string of the molecule is CN(CCN)c1nc2cc([N+](=O)[O-])ccc2o1. The molecule has 2 rings (SSSR count). The summed E-state index contributed by atoms with van der Waals surface area (Å²) < 4.78 is 5.45. The number of nitro benzene ring substituents is 1. The molecule has 0 aliphatic rings. The van der Waals surface area contributed by atoms with Gasteiger partial charge in [0.1, 0.15) is 5.52 Å². The Kier molecular flexibility index (Phi) is 2.92. The number of hydrogen-bond acceptors (Lipinski definition) is 6. The summed E-state index contributed by atoms with van der Waals surface area (Å²) in [5.74, 6) is 0. The second-order valence-corrected chi connectivity index (χ2v) is 3.62. The molecule has 90 valence electrons. The Morgan fingerprint density at radius 1 is 1.59 bits per heavy atom. The van der Waals surface area contributed by atoms with Crippen LogP contribution in [0.15, 0.2) is 22.6 Å². The van der Waals surface area contributed by atoms with E-state index >= 15 is 0 Å². The predicted octanol–water partition coefficient (Wildman–Crippen LogP) is 1.13. The highest BCUT2D eigenvalue weighted by atomic mass is 16.6. The van der Waals surface area contributed by atoms with Gasteiger partial charge in [0.2, 0.25) is 0 Å². The fraction of sp³-hybridized carbons (Fsp3) is 0.300. The number of nitro groups is 1. The first-order chi connectivity index (χ1) is 8.11. The van der Waals surface area contributed by atoms with Crippen LogP contribution < -0.4 is 10.6 Å². The van der Waals surface area contributed by atoms with Gasteiger partial charge in [-0.25, -0.2) is 0 Å². The smallest absolute Gasteiger partial charge is 0.298 e. The highest BCUT2D eigenvalue weighted by Crippen LogP contribution is 2.24. The molecule has 1 heterocycles. The van der Waals surface area contributed by atoms with E-state index in [0.717, 1.165) is 0 Å². The van der Waals surface area contributed by atoms with Crippen molar-refractivity contribution in [2.45, 2.75) is 0 Å². The molecule has 17 heavy (non-hydrogen) atoms. The average Bonchev–Trinajstić information content (AvgIpc) is 2.71. The Labute approximate surface area is 97.0 Å². The van der Waals surface area contributed by atoms with Crippen molar-refractivity contribution in [2.24, 2.45) is 5.73 Å². The van der Waals surface area contributed by atoms with E-state index in [2.05, 4.69) is 4.98 Å². The summed E-state index contributed by atoms with van der Waals surface area (Å²) >= 11 is 0. The zero-order valence-corrected chi connectivity index (χ0v) is 9.29. The lowest BCUT2D eigenvalue weighted by Crippen LogP contribution is -2.25. The number of rotatable bonds is 4. The molecule has 0 atom stereocenters. The second kappa shape index (κ2) is 4.38. The van der Waals surface area contributed by atoms with Crippen molar-refractivity contribution in [2.75, 3.05) is 25.0 Å². The van der Waals surface area contributed by atoms with Gasteiger partial charge in [-0.2, -0.15) is 4.98 Å². The first-order valence-corrected chi connectivity index (χ1v) is 5.08. The number of anilines is 1. The van der Waals surface area contributed by atoms with Gasteiger partial charge in [0.25, 0.3) is 11.7 Å². The van der Waals surface area contributed by atoms with Gasteiger partial charge in [-0.1, -0.05) is 0 Å². The number of nitrogens with zero attached hydrogens (tertiary/aromatic N) is 3. The molecule has 2 aromatic rings. The quantitative estimate of drug-likeness (QED) is 0.631. The summed E-state index contributed by atoms with van der Waals surface area (Å²) in [6, 6.07) is 4.73. The molecule has 0 unspecified atom stereocenters. The van der Waals surface area contributed by atoms with Crippen molar-refractivity contribution in [3.8, 4) is 0 Å². The molecule has 2 N–H and O–H groups in total. The number of hydrogen-bond donors (Lipinski definition) is 1. The van der Waals surface area contributed by atoms with E-state index in [-0.39, 0.29) is 5.69 Å². The number of likely N-dealkylation sites (N-methyl/N-ethyl adjacent to an activating group) is 1. The third-order valence-electron chi connectivity index (χ3n) is 2.36. The number of nitrogens with two attached hydrogens (primary N) is 1. The van der Waals surface area contributed by atoms with E-state index < -0.39 is 4.92 Å². The van der Waals surface area contributed by atoms with E-state index in [4.69, 9.17) is 10.2 Å². The van der Waals surface area contributed by atoms with E-state index in [0.29, 0.717) is 30.2 Å². The largest absolute Gasteiger partial charge is 0.423 e. The van der Waals surface area contributed by atoms with Crippen molar-refractivity contribution >= 4 is 22.8 Å². The van der Waals surface area contributed by atoms with Crippen LogP contribution in [0.4, 0.5) is 11.7 Å². The predicted molar refractivity (Wildman–Crippen MR) is 63.0 cm³/mol. The third-order valence-corrected chi connectivity index (χ3v) is 2.36. The maximum Gasteiger partial charge on any atom is 0.298 e. The average molecular weight is 236 g/mol. The Morgan fingerprint density at radius 2 is 2.35 bits per heavy atom. The van der Waals surface area contributed by atoms with Gasteiger partial charge < -0.3 is 15.1 Å². The summed E-state index contributed by atoms with van der Waals surface area (Å²) in [4.78, 5) is 16.1. The van der Waals surface area contributed by atoms with E-state index in [1.807, 2.05) is 0 Å². The molecule has 0 aliphatic heterocycles.